The quantitative estimate of drug-likeness (QED) is 0.468. The molecule has 0 radical (unpaired) electrons. The molecule has 32 heavy (non-hydrogen) atoms. The van der Waals surface area contributed by atoms with Crippen molar-refractivity contribution >= 4 is 6.09 Å². The van der Waals surface area contributed by atoms with Crippen LogP contribution in [0, 0.1) is 12.8 Å². The SMILES string of the molecule is Cc1cc(Oc2cccc(OCC3CC3)c2)ncc1-c1ncc(OCC(C)NC(=O)O)o1. The van der Waals surface area contributed by atoms with Gasteiger partial charge in [-0.05, 0) is 50.3 Å². The Balaban J connectivity index is 1.37. The van der Waals surface area contributed by atoms with Crippen LogP contribution in [0.3, 0.4) is 0 Å². The first-order valence-corrected chi connectivity index (χ1v) is 10.4. The molecule has 3 aromatic rings. The normalized spacial score (nSPS) is 13.9. The summed E-state index contributed by atoms with van der Waals surface area (Å²) in [6.45, 7) is 4.45. The van der Waals surface area contributed by atoms with Crippen molar-refractivity contribution in [2.45, 2.75) is 32.7 Å². The zero-order chi connectivity index (χ0) is 22.5. The number of rotatable bonds is 10. The second kappa shape index (κ2) is 9.59. The van der Waals surface area contributed by atoms with Gasteiger partial charge in [-0.15, -0.1) is 0 Å². The fourth-order valence-corrected chi connectivity index (χ4v) is 2.97. The van der Waals surface area contributed by atoms with E-state index in [1.165, 1.54) is 19.0 Å². The monoisotopic (exact) mass is 439 g/mol. The molecule has 4 rings (SSSR count). The maximum atomic E-state index is 10.6. The molecule has 0 saturated heterocycles. The van der Waals surface area contributed by atoms with Gasteiger partial charge in [-0.25, -0.2) is 14.8 Å². The summed E-state index contributed by atoms with van der Waals surface area (Å²) in [6, 6.07) is 8.92. The summed E-state index contributed by atoms with van der Waals surface area (Å²) in [5.74, 6) is 3.11. The zero-order valence-corrected chi connectivity index (χ0v) is 17.9. The van der Waals surface area contributed by atoms with Crippen LogP contribution in [0.15, 0.2) is 47.1 Å². The maximum Gasteiger partial charge on any atom is 0.404 e. The van der Waals surface area contributed by atoms with Crippen LogP contribution in [0.2, 0.25) is 0 Å². The number of amides is 1. The average Bonchev–Trinajstić information content (AvgIpc) is 3.47. The number of aromatic nitrogens is 2. The number of aryl methyl sites for hydroxylation is 1. The highest BCUT2D eigenvalue weighted by Gasteiger charge is 2.22. The van der Waals surface area contributed by atoms with Gasteiger partial charge < -0.3 is 29.1 Å². The van der Waals surface area contributed by atoms with Crippen LogP contribution in [0.5, 0.6) is 23.3 Å². The van der Waals surface area contributed by atoms with E-state index in [2.05, 4.69) is 15.3 Å². The predicted octanol–water partition coefficient (Wildman–Crippen LogP) is 4.66. The third kappa shape index (κ3) is 5.90. The van der Waals surface area contributed by atoms with E-state index in [0.29, 0.717) is 29.0 Å². The van der Waals surface area contributed by atoms with Crippen LogP contribution in [0.1, 0.15) is 25.3 Å². The number of nitrogens with one attached hydrogen (secondary N) is 1. The number of carbonyl (C=O) groups is 1. The Morgan fingerprint density at radius 2 is 2.03 bits per heavy atom. The first-order chi connectivity index (χ1) is 15.5. The third-order valence-corrected chi connectivity index (χ3v) is 4.86. The van der Waals surface area contributed by atoms with Gasteiger partial charge in [0.1, 0.15) is 24.3 Å². The van der Waals surface area contributed by atoms with E-state index in [1.807, 2.05) is 31.2 Å². The second-order valence-electron chi connectivity index (χ2n) is 7.81. The fourth-order valence-electron chi connectivity index (χ4n) is 2.97. The predicted molar refractivity (Wildman–Crippen MR) is 115 cm³/mol. The number of carboxylic acid groups (broad SMARTS) is 1. The lowest BCUT2D eigenvalue weighted by atomic mass is 10.1. The van der Waals surface area contributed by atoms with Crippen molar-refractivity contribution in [3.63, 3.8) is 0 Å². The molecule has 9 heteroatoms. The molecule has 1 aliphatic carbocycles. The van der Waals surface area contributed by atoms with E-state index in [4.69, 9.17) is 23.7 Å². The summed E-state index contributed by atoms with van der Waals surface area (Å²) in [4.78, 5) is 19.2. The molecular weight excluding hydrogens is 414 g/mol. The molecule has 0 bridgehead atoms. The summed E-state index contributed by atoms with van der Waals surface area (Å²) in [5.41, 5.74) is 1.57. The number of hydrogen-bond acceptors (Lipinski definition) is 7. The topological polar surface area (TPSA) is 116 Å². The second-order valence-corrected chi connectivity index (χ2v) is 7.81. The van der Waals surface area contributed by atoms with Gasteiger partial charge in [0.2, 0.25) is 11.8 Å². The summed E-state index contributed by atoms with van der Waals surface area (Å²) >= 11 is 0. The van der Waals surface area contributed by atoms with Crippen LogP contribution in [-0.2, 0) is 0 Å². The molecule has 1 amide bonds. The van der Waals surface area contributed by atoms with Gasteiger partial charge in [0.15, 0.2) is 0 Å². The van der Waals surface area contributed by atoms with E-state index in [-0.39, 0.29) is 12.6 Å². The lowest BCUT2D eigenvalue weighted by molar-refractivity contribution is 0.176. The molecule has 1 aromatic carbocycles. The van der Waals surface area contributed by atoms with Crippen molar-refractivity contribution in [3.8, 4) is 34.8 Å². The lowest BCUT2D eigenvalue weighted by Crippen LogP contribution is -2.35. The highest BCUT2D eigenvalue weighted by Crippen LogP contribution is 2.32. The summed E-state index contributed by atoms with van der Waals surface area (Å²) in [6.07, 6.45) is 4.44. The third-order valence-electron chi connectivity index (χ3n) is 4.86. The molecule has 1 atom stereocenters. The molecule has 0 spiro atoms. The molecule has 1 fully saturated rings. The van der Waals surface area contributed by atoms with Gasteiger partial charge >= 0.3 is 12.0 Å². The molecule has 2 aromatic heterocycles. The molecule has 0 aliphatic heterocycles. The minimum absolute atomic E-state index is 0.119. The van der Waals surface area contributed by atoms with E-state index >= 15 is 0 Å². The van der Waals surface area contributed by atoms with Crippen molar-refractivity contribution in [1.82, 2.24) is 15.3 Å². The standard InChI is InChI=1S/C23H25N3O6/c1-14-8-20(31-18-5-3-4-17(9-18)29-13-16-6-7-16)24-10-19(14)22-25-11-21(32-22)30-12-15(2)26-23(27)28/h3-5,8-11,15-16,26H,6-7,12-13H2,1-2H3,(H,27,28). The van der Waals surface area contributed by atoms with Gasteiger partial charge in [0.05, 0.1) is 18.2 Å². The average molecular weight is 439 g/mol. The van der Waals surface area contributed by atoms with Crippen LogP contribution in [0.25, 0.3) is 11.5 Å². The van der Waals surface area contributed by atoms with Crippen molar-refractivity contribution in [2.24, 2.45) is 5.92 Å². The molecule has 168 valence electrons. The van der Waals surface area contributed by atoms with Crippen LogP contribution in [0.4, 0.5) is 4.79 Å². The van der Waals surface area contributed by atoms with E-state index < -0.39 is 12.1 Å². The van der Waals surface area contributed by atoms with Crippen LogP contribution >= 0.6 is 0 Å². The number of nitrogens with zero attached hydrogens (tertiary/aromatic N) is 2. The minimum Gasteiger partial charge on any atom is -0.493 e. The number of ether oxygens (including phenoxy) is 3. The Labute approximate surface area is 185 Å². The van der Waals surface area contributed by atoms with Crippen LogP contribution in [-0.4, -0.2) is 40.4 Å². The van der Waals surface area contributed by atoms with E-state index in [0.717, 1.165) is 17.9 Å². The number of oxazole rings is 1. The molecule has 1 aliphatic rings. The van der Waals surface area contributed by atoms with E-state index in [9.17, 15) is 4.79 Å². The first kappa shape index (κ1) is 21.5. The van der Waals surface area contributed by atoms with Gasteiger partial charge in [-0.2, -0.15) is 0 Å². The Hall–Kier alpha value is -3.75. The highest BCUT2D eigenvalue weighted by molar-refractivity contribution is 5.64. The van der Waals surface area contributed by atoms with Crippen molar-refractivity contribution in [3.05, 3.63) is 48.3 Å². The Morgan fingerprint density at radius 1 is 1.22 bits per heavy atom. The Bertz CT molecular complexity index is 1080. The number of pyridine rings is 1. The first-order valence-electron chi connectivity index (χ1n) is 10.4. The van der Waals surface area contributed by atoms with Crippen molar-refractivity contribution in [1.29, 1.82) is 0 Å². The van der Waals surface area contributed by atoms with Gasteiger partial charge in [-0.1, -0.05) is 6.07 Å². The summed E-state index contributed by atoms with van der Waals surface area (Å²) in [5, 5.41) is 11.0. The smallest absolute Gasteiger partial charge is 0.404 e. The fraction of sp³-hybridized carbons (Fsp3) is 0.348. The largest absolute Gasteiger partial charge is 0.493 e. The maximum absolute atomic E-state index is 10.6. The number of benzene rings is 1. The molecule has 1 saturated carbocycles. The molecular formula is C23H25N3O6. The molecule has 2 N–H and O–H groups in total. The Kier molecular flexibility index (Phi) is 6.44. The number of hydrogen-bond donors (Lipinski definition) is 2. The zero-order valence-electron chi connectivity index (χ0n) is 17.9. The van der Waals surface area contributed by atoms with Crippen molar-refractivity contribution in [2.75, 3.05) is 13.2 Å². The van der Waals surface area contributed by atoms with E-state index in [1.54, 1.807) is 19.2 Å². The summed E-state index contributed by atoms with van der Waals surface area (Å²) in [7, 11) is 0. The van der Waals surface area contributed by atoms with Gasteiger partial charge in [-0.3, -0.25) is 0 Å². The Morgan fingerprint density at radius 3 is 2.78 bits per heavy atom. The van der Waals surface area contributed by atoms with Gasteiger partial charge in [0.25, 0.3) is 0 Å². The van der Waals surface area contributed by atoms with Gasteiger partial charge in [0, 0.05) is 18.3 Å². The summed E-state index contributed by atoms with van der Waals surface area (Å²) < 4.78 is 22.8. The molecule has 1 unspecified atom stereocenters. The minimum atomic E-state index is -1.11. The highest BCUT2D eigenvalue weighted by atomic mass is 16.6. The van der Waals surface area contributed by atoms with Crippen molar-refractivity contribution < 1.29 is 28.5 Å². The molecule has 9 nitrogen and oxygen atoms in total. The molecule has 2 heterocycles. The lowest BCUT2D eigenvalue weighted by Gasteiger charge is -2.10. The van der Waals surface area contributed by atoms with Crippen LogP contribution < -0.4 is 19.5 Å².